The molecule has 2 nitrogen and oxygen atoms in total. The molecular weight excluding hydrogens is 345 g/mol. The molecule has 0 amide bonds. The molecule has 1 atom stereocenters. The molecule has 0 saturated heterocycles. The first-order valence-corrected chi connectivity index (χ1v) is 5.84. The number of halogens is 2. The SMILES string of the molecule is C[C@H](O)CNc1ccc(I)cc1Br. The van der Waals surface area contributed by atoms with Crippen molar-refractivity contribution >= 4 is 44.2 Å². The first kappa shape index (κ1) is 11.3. The van der Waals surface area contributed by atoms with Crippen molar-refractivity contribution < 1.29 is 5.11 Å². The third-order valence-electron chi connectivity index (χ3n) is 1.52. The molecule has 0 saturated carbocycles. The molecule has 0 heterocycles. The van der Waals surface area contributed by atoms with E-state index in [-0.39, 0.29) is 6.10 Å². The van der Waals surface area contributed by atoms with E-state index in [9.17, 15) is 0 Å². The van der Waals surface area contributed by atoms with E-state index < -0.39 is 0 Å². The van der Waals surface area contributed by atoms with E-state index >= 15 is 0 Å². The summed E-state index contributed by atoms with van der Waals surface area (Å²) in [6.45, 7) is 2.33. The van der Waals surface area contributed by atoms with Crippen molar-refractivity contribution in [1.29, 1.82) is 0 Å². The summed E-state index contributed by atoms with van der Waals surface area (Å²) in [4.78, 5) is 0. The van der Waals surface area contributed by atoms with Crippen LogP contribution in [0.5, 0.6) is 0 Å². The molecule has 2 N–H and O–H groups in total. The number of benzene rings is 1. The number of rotatable bonds is 3. The largest absolute Gasteiger partial charge is 0.392 e. The number of aliphatic hydroxyl groups excluding tert-OH is 1. The summed E-state index contributed by atoms with van der Waals surface area (Å²) in [5.74, 6) is 0. The average Bonchev–Trinajstić information content (AvgIpc) is 2.02. The predicted molar refractivity (Wildman–Crippen MR) is 67.0 cm³/mol. The lowest BCUT2D eigenvalue weighted by molar-refractivity contribution is 0.208. The minimum atomic E-state index is -0.328. The lowest BCUT2D eigenvalue weighted by Crippen LogP contribution is -2.15. The second-order valence-electron chi connectivity index (χ2n) is 2.85. The highest BCUT2D eigenvalue weighted by Gasteiger charge is 2.00. The van der Waals surface area contributed by atoms with E-state index in [0.29, 0.717) is 6.54 Å². The lowest BCUT2D eigenvalue weighted by atomic mass is 10.3. The van der Waals surface area contributed by atoms with E-state index in [0.717, 1.165) is 10.2 Å². The number of aliphatic hydroxyl groups is 1. The molecule has 0 aliphatic heterocycles. The summed E-state index contributed by atoms with van der Waals surface area (Å²) in [5, 5.41) is 12.2. The summed E-state index contributed by atoms with van der Waals surface area (Å²) in [5.41, 5.74) is 1.02. The third-order valence-corrected chi connectivity index (χ3v) is 2.85. The van der Waals surface area contributed by atoms with Crippen molar-refractivity contribution in [1.82, 2.24) is 0 Å². The van der Waals surface area contributed by atoms with Crippen LogP contribution in [0.15, 0.2) is 22.7 Å². The molecule has 0 aliphatic rings. The van der Waals surface area contributed by atoms with Gasteiger partial charge in [-0.25, -0.2) is 0 Å². The van der Waals surface area contributed by atoms with E-state index in [2.05, 4.69) is 43.8 Å². The monoisotopic (exact) mass is 355 g/mol. The summed E-state index contributed by atoms with van der Waals surface area (Å²) < 4.78 is 2.21. The van der Waals surface area contributed by atoms with Crippen molar-refractivity contribution in [3.8, 4) is 0 Å². The quantitative estimate of drug-likeness (QED) is 0.817. The van der Waals surface area contributed by atoms with Gasteiger partial charge in [-0.05, 0) is 63.6 Å². The fourth-order valence-electron chi connectivity index (χ4n) is 0.891. The fraction of sp³-hybridized carbons (Fsp3) is 0.333. The van der Waals surface area contributed by atoms with Crippen LogP contribution in [-0.2, 0) is 0 Å². The third kappa shape index (κ3) is 3.83. The Labute approximate surface area is 100.0 Å². The molecule has 1 aromatic carbocycles. The van der Waals surface area contributed by atoms with Gasteiger partial charge in [0.2, 0.25) is 0 Å². The Morgan fingerprint density at radius 3 is 2.85 bits per heavy atom. The van der Waals surface area contributed by atoms with Gasteiger partial charge < -0.3 is 10.4 Å². The number of hydrogen-bond acceptors (Lipinski definition) is 2. The van der Waals surface area contributed by atoms with Crippen molar-refractivity contribution in [3.63, 3.8) is 0 Å². The Hall–Kier alpha value is 0.190. The van der Waals surface area contributed by atoms with Gasteiger partial charge in [0, 0.05) is 20.3 Å². The highest BCUT2D eigenvalue weighted by Crippen LogP contribution is 2.24. The first-order valence-electron chi connectivity index (χ1n) is 3.96. The zero-order valence-electron chi connectivity index (χ0n) is 7.22. The van der Waals surface area contributed by atoms with Gasteiger partial charge in [-0.3, -0.25) is 0 Å². The molecule has 0 unspecified atom stereocenters. The standard InChI is InChI=1S/C9H11BrINO/c1-6(13)5-12-9-3-2-7(11)4-8(9)10/h2-4,6,12-13H,5H2,1H3/t6-/m0/s1. The average molecular weight is 356 g/mol. The number of hydrogen-bond donors (Lipinski definition) is 2. The first-order chi connectivity index (χ1) is 6.09. The van der Waals surface area contributed by atoms with Crippen LogP contribution in [0.3, 0.4) is 0 Å². The van der Waals surface area contributed by atoms with E-state index in [1.54, 1.807) is 6.92 Å². The zero-order valence-corrected chi connectivity index (χ0v) is 11.0. The maximum atomic E-state index is 9.08. The smallest absolute Gasteiger partial charge is 0.0684 e. The molecule has 0 aromatic heterocycles. The van der Waals surface area contributed by atoms with Crippen LogP contribution in [0, 0.1) is 3.57 Å². The van der Waals surface area contributed by atoms with Gasteiger partial charge >= 0.3 is 0 Å². The molecular formula is C9H11BrINO. The molecule has 4 heteroatoms. The van der Waals surface area contributed by atoms with Crippen LogP contribution in [0.2, 0.25) is 0 Å². The van der Waals surface area contributed by atoms with Gasteiger partial charge in [-0.15, -0.1) is 0 Å². The van der Waals surface area contributed by atoms with E-state index in [1.807, 2.05) is 18.2 Å². The Morgan fingerprint density at radius 1 is 1.62 bits per heavy atom. The topological polar surface area (TPSA) is 32.3 Å². The molecule has 0 radical (unpaired) electrons. The predicted octanol–water partition coefficient (Wildman–Crippen LogP) is 2.85. The van der Waals surface area contributed by atoms with Crippen LogP contribution in [0.4, 0.5) is 5.69 Å². The van der Waals surface area contributed by atoms with Crippen molar-refractivity contribution in [2.45, 2.75) is 13.0 Å². The maximum Gasteiger partial charge on any atom is 0.0684 e. The Morgan fingerprint density at radius 2 is 2.31 bits per heavy atom. The molecule has 0 bridgehead atoms. The summed E-state index contributed by atoms with van der Waals surface area (Å²) in [7, 11) is 0. The molecule has 0 spiro atoms. The fourth-order valence-corrected chi connectivity index (χ4v) is 2.33. The second kappa shape index (κ2) is 5.17. The van der Waals surface area contributed by atoms with Crippen molar-refractivity contribution in [2.75, 3.05) is 11.9 Å². The Balaban J connectivity index is 2.67. The molecule has 0 aliphatic carbocycles. The zero-order chi connectivity index (χ0) is 9.84. The van der Waals surface area contributed by atoms with Gasteiger partial charge in [0.15, 0.2) is 0 Å². The van der Waals surface area contributed by atoms with Crippen molar-refractivity contribution in [3.05, 3.63) is 26.2 Å². The normalized spacial score (nSPS) is 12.6. The van der Waals surface area contributed by atoms with Gasteiger partial charge in [0.25, 0.3) is 0 Å². The van der Waals surface area contributed by atoms with Gasteiger partial charge in [-0.1, -0.05) is 0 Å². The number of nitrogens with one attached hydrogen (secondary N) is 1. The Bertz CT molecular complexity index is 291. The highest BCUT2D eigenvalue weighted by molar-refractivity contribution is 14.1. The molecule has 1 aromatic rings. The minimum Gasteiger partial charge on any atom is -0.392 e. The van der Waals surface area contributed by atoms with Crippen LogP contribution < -0.4 is 5.32 Å². The van der Waals surface area contributed by atoms with Gasteiger partial charge in [-0.2, -0.15) is 0 Å². The summed E-state index contributed by atoms with van der Waals surface area (Å²) >= 11 is 5.71. The molecule has 1 rings (SSSR count). The van der Waals surface area contributed by atoms with Crippen LogP contribution in [-0.4, -0.2) is 17.8 Å². The highest BCUT2D eigenvalue weighted by atomic mass is 127. The summed E-state index contributed by atoms with van der Waals surface area (Å²) in [6.07, 6.45) is -0.328. The van der Waals surface area contributed by atoms with E-state index in [1.165, 1.54) is 3.57 Å². The van der Waals surface area contributed by atoms with Gasteiger partial charge in [0.1, 0.15) is 0 Å². The maximum absolute atomic E-state index is 9.08. The Kier molecular flexibility index (Phi) is 4.48. The van der Waals surface area contributed by atoms with Gasteiger partial charge in [0.05, 0.1) is 6.10 Å². The molecule has 13 heavy (non-hydrogen) atoms. The van der Waals surface area contributed by atoms with E-state index in [4.69, 9.17) is 5.11 Å². The van der Waals surface area contributed by atoms with Crippen LogP contribution >= 0.6 is 38.5 Å². The second-order valence-corrected chi connectivity index (χ2v) is 4.95. The van der Waals surface area contributed by atoms with Crippen molar-refractivity contribution in [2.24, 2.45) is 0 Å². The molecule has 72 valence electrons. The summed E-state index contributed by atoms with van der Waals surface area (Å²) in [6, 6.07) is 6.05. The lowest BCUT2D eigenvalue weighted by Gasteiger charge is -2.10. The minimum absolute atomic E-state index is 0.328. The molecule has 0 fully saturated rings. The van der Waals surface area contributed by atoms with Crippen LogP contribution in [0.1, 0.15) is 6.92 Å². The van der Waals surface area contributed by atoms with Crippen LogP contribution in [0.25, 0.3) is 0 Å². The number of anilines is 1.